The number of hydrogen-bond acceptors (Lipinski definition) is 5. The monoisotopic (exact) mass is 344 g/mol. The van der Waals surface area contributed by atoms with Crippen LogP contribution in [0, 0.1) is 0 Å². The second-order valence-corrected chi connectivity index (χ2v) is 6.58. The number of fused-ring (bicyclic) bond motifs is 1. The number of esters is 1. The van der Waals surface area contributed by atoms with Gasteiger partial charge in [-0.3, -0.25) is 14.5 Å². The van der Waals surface area contributed by atoms with Gasteiger partial charge < -0.3 is 14.8 Å². The molecule has 3 atom stereocenters. The summed E-state index contributed by atoms with van der Waals surface area (Å²) in [6, 6.07) is 6.35. The molecule has 2 amide bonds. The fourth-order valence-electron chi connectivity index (χ4n) is 3.72. The molecule has 1 aromatic carbocycles. The lowest BCUT2D eigenvalue weighted by molar-refractivity contribution is -0.145. The van der Waals surface area contributed by atoms with Crippen molar-refractivity contribution in [2.45, 2.75) is 44.1 Å². The maximum absolute atomic E-state index is 12.6. The largest absolute Gasteiger partial charge is 0.433 e. The van der Waals surface area contributed by atoms with Crippen molar-refractivity contribution in [1.82, 2.24) is 10.2 Å². The van der Waals surface area contributed by atoms with Gasteiger partial charge in [0.2, 0.25) is 18.0 Å². The summed E-state index contributed by atoms with van der Waals surface area (Å²) in [6.07, 6.45) is 1.85. The van der Waals surface area contributed by atoms with E-state index in [2.05, 4.69) is 5.32 Å². The lowest BCUT2D eigenvalue weighted by Crippen LogP contribution is -2.47. The van der Waals surface area contributed by atoms with Crippen LogP contribution in [0.3, 0.4) is 0 Å². The first-order valence-corrected chi connectivity index (χ1v) is 8.65. The highest BCUT2D eigenvalue weighted by atomic mass is 16.6. The number of nitrogens with zero attached hydrogens (tertiary/aromatic N) is 1. The van der Waals surface area contributed by atoms with Crippen LogP contribution in [0.4, 0.5) is 0 Å². The van der Waals surface area contributed by atoms with Crippen LogP contribution in [0.15, 0.2) is 24.3 Å². The second kappa shape index (κ2) is 6.48. The predicted molar refractivity (Wildman–Crippen MR) is 86.5 cm³/mol. The lowest BCUT2D eigenvalue weighted by atomic mass is 10.1. The summed E-state index contributed by atoms with van der Waals surface area (Å²) in [5.74, 6) is -0.854. The van der Waals surface area contributed by atoms with Crippen molar-refractivity contribution < 1.29 is 23.9 Å². The molecule has 4 rings (SSSR count). The molecule has 3 aliphatic rings. The topological polar surface area (TPSA) is 84.9 Å². The van der Waals surface area contributed by atoms with E-state index in [4.69, 9.17) is 9.47 Å². The van der Waals surface area contributed by atoms with Crippen molar-refractivity contribution in [3.63, 3.8) is 0 Å². The van der Waals surface area contributed by atoms with Gasteiger partial charge in [-0.15, -0.1) is 0 Å². The molecule has 2 saturated heterocycles. The molecule has 132 valence electrons. The van der Waals surface area contributed by atoms with Crippen LogP contribution in [0.1, 0.15) is 47.8 Å². The van der Waals surface area contributed by atoms with E-state index in [1.165, 1.54) is 4.90 Å². The van der Waals surface area contributed by atoms with Crippen LogP contribution in [-0.4, -0.2) is 48.0 Å². The smallest absolute Gasteiger partial charge is 0.340 e. The maximum atomic E-state index is 12.6. The number of carbonyl (C=O) groups excluding carboxylic acids is 3. The second-order valence-electron chi connectivity index (χ2n) is 6.58. The minimum atomic E-state index is -0.822. The van der Waals surface area contributed by atoms with Crippen molar-refractivity contribution >= 4 is 17.8 Å². The molecular formula is C18H20N2O5. The molecule has 0 radical (unpaired) electrons. The summed E-state index contributed by atoms with van der Waals surface area (Å²) in [5.41, 5.74) is 1.09. The first kappa shape index (κ1) is 16.1. The van der Waals surface area contributed by atoms with Crippen LogP contribution in [0.5, 0.6) is 0 Å². The zero-order chi connectivity index (χ0) is 17.4. The fraction of sp³-hybridized carbons (Fsp3) is 0.500. The third kappa shape index (κ3) is 2.89. The number of hydrogen-bond donors (Lipinski definition) is 1. The summed E-state index contributed by atoms with van der Waals surface area (Å²) in [5, 5.41) is 2.88. The number of carbonyl (C=O) groups is 3. The number of nitrogens with one attached hydrogen (secondary N) is 1. The van der Waals surface area contributed by atoms with Gasteiger partial charge in [-0.1, -0.05) is 18.2 Å². The van der Waals surface area contributed by atoms with Crippen molar-refractivity contribution in [3.8, 4) is 0 Å². The molecule has 25 heavy (non-hydrogen) atoms. The first-order chi connectivity index (χ1) is 12.1. The molecule has 0 unspecified atom stereocenters. The van der Waals surface area contributed by atoms with Gasteiger partial charge in [-0.25, -0.2) is 4.79 Å². The molecule has 1 N–H and O–H groups in total. The Morgan fingerprint density at radius 2 is 2.08 bits per heavy atom. The van der Waals surface area contributed by atoms with Gasteiger partial charge in [0, 0.05) is 25.1 Å². The normalized spacial score (nSPS) is 28.2. The molecule has 2 fully saturated rings. The van der Waals surface area contributed by atoms with E-state index in [1.54, 1.807) is 24.3 Å². The van der Waals surface area contributed by atoms with E-state index in [1.807, 2.05) is 0 Å². The third-order valence-electron chi connectivity index (χ3n) is 5.00. The number of rotatable bonds is 4. The quantitative estimate of drug-likeness (QED) is 0.828. The minimum absolute atomic E-state index is 0.0412. The summed E-state index contributed by atoms with van der Waals surface area (Å²) in [6.45, 7) is 1.17. The number of likely N-dealkylation sites (tertiary alicyclic amines) is 1. The van der Waals surface area contributed by atoms with Crippen LogP contribution >= 0.6 is 0 Å². The fourth-order valence-corrected chi connectivity index (χ4v) is 3.72. The van der Waals surface area contributed by atoms with Crippen molar-refractivity contribution in [1.29, 1.82) is 0 Å². The molecule has 0 aromatic heterocycles. The predicted octanol–water partition coefficient (Wildman–Crippen LogP) is 1.14. The third-order valence-corrected chi connectivity index (χ3v) is 5.00. The van der Waals surface area contributed by atoms with Crippen LogP contribution < -0.4 is 5.32 Å². The Morgan fingerprint density at radius 3 is 2.88 bits per heavy atom. The maximum Gasteiger partial charge on any atom is 0.340 e. The Morgan fingerprint density at radius 1 is 1.24 bits per heavy atom. The van der Waals surface area contributed by atoms with Gasteiger partial charge in [0.25, 0.3) is 0 Å². The number of amides is 2. The summed E-state index contributed by atoms with van der Waals surface area (Å²) < 4.78 is 10.9. The highest BCUT2D eigenvalue weighted by molar-refractivity contribution is 5.96. The van der Waals surface area contributed by atoms with Crippen LogP contribution in [0.25, 0.3) is 0 Å². The van der Waals surface area contributed by atoms with Crippen molar-refractivity contribution in [3.05, 3.63) is 35.4 Å². The summed E-state index contributed by atoms with van der Waals surface area (Å²) in [4.78, 5) is 38.4. The Bertz CT molecular complexity index is 713. The zero-order valence-electron chi connectivity index (χ0n) is 13.8. The summed E-state index contributed by atoms with van der Waals surface area (Å²) in [7, 11) is 0. The lowest BCUT2D eigenvalue weighted by Gasteiger charge is -2.29. The molecule has 0 saturated carbocycles. The number of ether oxygens (including phenoxy) is 2. The zero-order valence-corrected chi connectivity index (χ0v) is 13.8. The Labute approximate surface area is 145 Å². The van der Waals surface area contributed by atoms with E-state index < -0.39 is 18.2 Å². The van der Waals surface area contributed by atoms with Gasteiger partial charge in [0.05, 0.1) is 11.7 Å². The first-order valence-electron chi connectivity index (χ1n) is 8.65. The molecule has 0 aliphatic carbocycles. The summed E-state index contributed by atoms with van der Waals surface area (Å²) >= 11 is 0. The van der Waals surface area contributed by atoms with Crippen molar-refractivity contribution in [2.75, 3.05) is 13.2 Å². The molecule has 7 heteroatoms. The Kier molecular flexibility index (Phi) is 4.17. The van der Waals surface area contributed by atoms with E-state index in [-0.39, 0.29) is 24.3 Å². The Hall–Kier alpha value is -2.41. The van der Waals surface area contributed by atoms with E-state index >= 15 is 0 Å². The number of cyclic esters (lactones) is 1. The average molecular weight is 344 g/mol. The molecular weight excluding hydrogens is 324 g/mol. The molecule has 3 heterocycles. The van der Waals surface area contributed by atoms with E-state index in [9.17, 15) is 14.4 Å². The van der Waals surface area contributed by atoms with Crippen LogP contribution in [-0.2, 0) is 19.1 Å². The van der Waals surface area contributed by atoms with Gasteiger partial charge in [-0.2, -0.15) is 0 Å². The molecule has 3 aliphatic heterocycles. The van der Waals surface area contributed by atoms with Gasteiger partial charge in [-0.05, 0) is 25.3 Å². The van der Waals surface area contributed by atoms with Gasteiger partial charge in [0.1, 0.15) is 6.04 Å². The average Bonchev–Trinajstić information content (AvgIpc) is 3.33. The highest BCUT2D eigenvalue weighted by Crippen LogP contribution is 2.38. The molecule has 1 aromatic rings. The molecule has 0 spiro atoms. The van der Waals surface area contributed by atoms with Crippen LogP contribution in [0.2, 0.25) is 0 Å². The molecule has 7 nitrogen and oxygen atoms in total. The highest BCUT2D eigenvalue weighted by Gasteiger charge is 2.46. The van der Waals surface area contributed by atoms with Gasteiger partial charge in [0.15, 0.2) is 0 Å². The minimum Gasteiger partial charge on any atom is -0.433 e. The standard InChI is InChI=1S/C18H20N2O5/c21-15-8-7-14(16(22)19-10-11-4-3-9-24-11)20(15)17-12-5-1-2-6-13(12)18(23)25-17/h1-2,5-6,11,14,17H,3-4,7-10H2,(H,19,22)/t11-,14+,17-/m1/s1. The van der Waals surface area contributed by atoms with E-state index in [0.717, 1.165) is 19.4 Å². The van der Waals surface area contributed by atoms with Gasteiger partial charge >= 0.3 is 5.97 Å². The van der Waals surface area contributed by atoms with Crippen molar-refractivity contribution in [2.24, 2.45) is 0 Å². The SMILES string of the molecule is O=C1O[C@@H](N2C(=O)CC[C@H]2C(=O)NC[C@H]2CCCO2)c2ccccc21. The Balaban J connectivity index is 1.50. The molecule has 0 bridgehead atoms. The van der Waals surface area contributed by atoms with E-state index in [0.29, 0.717) is 24.1 Å². The number of benzene rings is 1.